The topological polar surface area (TPSA) is 551 Å². The lowest BCUT2D eigenvalue weighted by atomic mass is 9.95. The number of carbonyl (C=O) groups excluding carboxylic acids is 12. The molecule has 5 fully saturated rings. The molecule has 710 valence electrons. The fourth-order valence-corrected chi connectivity index (χ4v) is 15.1. The van der Waals surface area contributed by atoms with Crippen LogP contribution >= 0.6 is 0 Å². The van der Waals surface area contributed by atoms with Crippen molar-refractivity contribution in [3.63, 3.8) is 0 Å². The first-order valence-electron chi connectivity index (χ1n) is 42.9. The van der Waals surface area contributed by atoms with Gasteiger partial charge in [0.2, 0.25) is 5.91 Å². The van der Waals surface area contributed by atoms with Gasteiger partial charge in [0, 0.05) is 95.5 Å². The van der Waals surface area contributed by atoms with Gasteiger partial charge in [-0.1, -0.05) is 110 Å². The lowest BCUT2D eigenvalue weighted by Crippen LogP contribution is -2.68. The van der Waals surface area contributed by atoms with Crippen LogP contribution in [0.5, 0.6) is 0 Å². The second-order valence-corrected chi connectivity index (χ2v) is 31.8. The zero-order valence-corrected chi connectivity index (χ0v) is 73.4. The molecule has 5 rings (SSSR count). The van der Waals surface area contributed by atoms with E-state index in [0.29, 0.717) is 44.9 Å². The van der Waals surface area contributed by atoms with Gasteiger partial charge in [-0.3, -0.25) is 57.5 Å². The quantitative estimate of drug-likeness (QED) is 0.0260. The van der Waals surface area contributed by atoms with Crippen LogP contribution in [0.4, 0.5) is 0 Å². The van der Waals surface area contributed by atoms with Crippen LogP contribution in [0.1, 0.15) is 244 Å². The minimum atomic E-state index is -2.40. The van der Waals surface area contributed by atoms with E-state index in [9.17, 15) is 93.0 Å². The van der Waals surface area contributed by atoms with Crippen LogP contribution in [0.15, 0.2) is 0 Å². The Balaban J connectivity index is 1.37. The maximum Gasteiger partial charge on any atom is 0.326 e. The van der Waals surface area contributed by atoms with Gasteiger partial charge in [-0.2, -0.15) is 0 Å². The lowest BCUT2D eigenvalue weighted by Gasteiger charge is -2.50. The number of ketones is 1. The summed E-state index contributed by atoms with van der Waals surface area (Å²) in [4.78, 5) is 165. The van der Waals surface area contributed by atoms with Crippen molar-refractivity contribution in [1.29, 1.82) is 0 Å². The number of hydrogen-bond donors (Lipinski definition) is 7. The first kappa shape index (κ1) is 107. The molecule has 0 aromatic heterocycles. The van der Waals surface area contributed by atoms with E-state index < -0.39 is 264 Å². The fourth-order valence-electron chi connectivity index (χ4n) is 15.1. The average molecular weight is 1780 g/mol. The summed E-state index contributed by atoms with van der Waals surface area (Å²) in [6.45, 7) is 8.96. The van der Waals surface area contributed by atoms with E-state index in [-0.39, 0.29) is 24.5 Å². The predicted octanol–water partition coefficient (Wildman–Crippen LogP) is 3.45. The molecule has 41 nitrogen and oxygen atoms in total. The summed E-state index contributed by atoms with van der Waals surface area (Å²) < 4.78 is 119. The molecule has 41 heteroatoms. The second-order valence-electron chi connectivity index (χ2n) is 31.8. The molecule has 27 atom stereocenters. The molecule has 124 heavy (non-hydrogen) atoms. The molecule has 0 aromatic rings. The van der Waals surface area contributed by atoms with Crippen LogP contribution in [-0.2, 0) is 157 Å². The molecule has 0 aliphatic carbocycles. The number of carboxylic acids is 1. The SMILES string of the molecule is CCCC[C@H](O[C@H]1O[C@@H](COC(C)=O)[C@H](O[C@@H]2OC[C@@H](O)[C@H](O[C@@H]3O[C@H](CO)[C@H](O)[C@H](O[C@@H]4O[C@H](COC(C)=O)[C@@H](OC(C)=O)[C@H](OC(C)=O)[C@H]4OC(C)=O)[C@H]3O)[C@H]2O[C@H]2O[C@@H](COC(C)=O)[C@H](OC(C)=O)[C@@H](OC(C)=O)[C@@H]2OC(C)=O)[C@@H](O)[C@@H]1O)[C@H](CCCCCCCCC(=O)CCCCCCCCCCCCCCC(=O)N(C)C(C)C(=O)O)OC(C)=O. The number of rotatable bonds is 54. The molecule has 5 heterocycles. The number of aliphatic hydroxyl groups is 6. The van der Waals surface area contributed by atoms with Gasteiger partial charge in [-0.05, 0) is 45.4 Å². The number of unbranched alkanes of at least 4 members (excludes halogenated alkanes) is 17. The molecule has 5 aliphatic rings. The van der Waals surface area contributed by atoms with Crippen molar-refractivity contribution in [2.24, 2.45) is 0 Å². The summed E-state index contributed by atoms with van der Waals surface area (Å²) in [7, 11) is 1.52. The van der Waals surface area contributed by atoms with Gasteiger partial charge in [-0.25, -0.2) is 4.79 Å². The number of carboxylic acid groups (broad SMARTS) is 1. The average Bonchev–Trinajstić information content (AvgIpc) is 0.765. The summed E-state index contributed by atoms with van der Waals surface area (Å²) in [6.07, 6.45) is -30.4. The predicted molar refractivity (Wildman–Crippen MR) is 421 cm³/mol. The summed E-state index contributed by atoms with van der Waals surface area (Å²) in [5.74, 6) is -10.6. The molecular weight excluding hydrogens is 1650 g/mol. The second kappa shape index (κ2) is 55.4. The molecule has 5 aliphatic heterocycles. The van der Waals surface area contributed by atoms with Crippen LogP contribution in [0.3, 0.4) is 0 Å². The highest BCUT2D eigenvalue weighted by atomic mass is 16.8. The van der Waals surface area contributed by atoms with Crippen LogP contribution in [0, 0.1) is 0 Å². The number of nitrogens with zero attached hydrogens (tertiary/aromatic N) is 1. The van der Waals surface area contributed by atoms with Crippen molar-refractivity contribution in [3.8, 4) is 0 Å². The van der Waals surface area contributed by atoms with Gasteiger partial charge in [0.1, 0.15) is 117 Å². The molecule has 0 spiro atoms. The van der Waals surface area contributed by atoms with Crippen molar-refractivity contribution in [2.75, 3.05) is 40.1 Å². The van der Waals surface area contributed by atoms with E-state index in [2.05, 4.69) is 0 Å². The minimum absolute atomic E-state index is 0.153. The molecule has 1 unspecified atom stereocenters. The monoisotopic (exact) mass is 1780 g/mol. The number of carbonyl (C=O) groups is 13. The van der Waals surface area contributed by atoms with Crippen LogP contribution in [0.2, 0.25) is 0 Å². The number of ether oxygens (including phenoxy) is 20. The molecule has 0 radical (unpaired) electrons. The van der Waals surface area contributed by atoms with Gasteiger partial charge in [0.25, 0.3) is 0 Å². The van der Waals surface area contributed by atoms with E-state index in [1.165, 1.54) is 25.8 Å². The Hall–Kier alpha value is -7.33. The summed E-state index contributed by atoms with van der Waals surface area (Å²) in [5, 5.41) is 81.4. The number of Topliss-reactive ketones (excluding diaryl/α,β-unsaturated/α-hetero) is 1. The third-order valence-electron chi connectivity index (χ3n) is 21.4. The van der Waals surface area contributed by atoms with Gasteiger partial charge in [0.15, 0.2) is 68.1 Å². The Labute approximate surface area is 721 Å². The van der Waals surface area contributed by atoms with Crippen molar-refractivity contribution in [1.82, 2.24) is 4.90 Å². The van der Waals surface area contributed by atoms with Crippen LogP contribution in [0.25, 0.3) is 0 Å². The molecule has 5 saturated heterocycles. The number of esters is 10. The zero-order valence-electron chi connectivity index (χ0n) is 73.4. The standard InChI is InChI=1S/C83H133NO40/c1-14-15-36-58(57(109-48(6)89)37-32-28-25-24-27-31-35-55(96)34-30-26-22-20-18-16-17-19-21-23-29-33-38-63(98)84(13)44(2)78(103)104)116-79-66(101)65(100)69(60(118-79)41-105-45(3)86)122-81-75(124-83-77(115-54(12)95)74(113-52(10)93)71(111-50(8)91)62(120-83)43-107-47(5)88)68(56(97)40-108-81)121-80-67(102)72(64(99)59(39-85)117-80)123-82-76(114-53(11)94)73(112-51(9)92)70(110-49(7)90)61(119-82)42-106-46(4)87/h44,56-62,64-77,79-83,85,97,99-102H,14-43H2,1-13H3,(H,103,104)/t44?,56-,57+,58+,59-,60+,61-,62+,64+,65+,66+,67-,68+,69+,70-,71+,72+,73+,74-,75-,76-,77+,79+,80+,81+,82+,83-/m1/s1. The van der Waals surface area contributed by atoms with Crippen molar-refractivity contribution in [2.45, 2.75) is 409 Å². The Bertz CT molecular complexity index is 3340. The highest BCUT2D eigenvalue weighted by molar-refractivity contribution is 5.83. The summed E-state index contributed by atoms with van der Waals surface area (Å²) >= 11 is 0. The summed E-state index contributed by atoms with van der Waals surface area (Å²) in [6, 6.07) is -0.844. The molecule has 0 saturated carbocycles. The molecule has 7 N–H and O–H groups in total. The molecule has 1 amide bonds. The maximum atomic E-state index is 13.2. The minimum Gasteiger partial charge on any atom is -0.480 e. The normalized spacial score (nSPS) is 30.0. The number of amides is 1. The van der Waals surface area contributed by atoms with Gasteiger partial charge < -0.3 is 135 Å². The van der Waals surface area contributed by atoms with Gasteiger partial charge >= 0.3 is 65.7 Å². The van der Waals surface area contributed by atoms with Crippen molar-refractivity contribution in [3.05, 3.63) is 0 Å². The number of likely N-dealkylation sites (N-methyl/N-ethyl adjacent to an activating group) is 1. The fraction of sp³-hybridized carbons (Fsp3) is 0.843. The Morgan fingerprint density at radius 1 is 0.363 bits per heavy atom. The largest absolute Gasteiger partial charge is 0.480 e. The maximum absolute atomic E-state index is 13.2. The Morgan fingerprint density at radius 3 is 1.15 bits per heavy atom. The molecular formula is C83H133NO40. The molecule has 0 aromatic carbocycles. The van der Waals surface area contributed by atoms with Gasteiger partial charge in [0.05, 0.1) is 19.3 Å². The third kappa shape index (κ3) is 36.1. The number of aliphatic hydroxyl groups excluding tert-OH is 6. The Kier molecular flexibility index (Phi) is 47.9. The molecule has 0 bridgehead atoms. The van der Waals surface area contributed by atoms with Crippen molar-refractivity contribution < 1.29 is 193 Å². The number of hydrogen-bond acceptors (Lipinski definition) is 39. The first-order chi connectivity index (χ1) is 58.8. The van der Waals surface area contributed by atoms with E-state index in [1.54, 1.807) is 0 Å². The zero-order chi connectivity index (χ0) is 92.0. The van der Waals surface area contributed by atoms with E-state index in [1.807, 2.05) is 6.92 Å². The first-order valence-corrected chi connectivity index (χ1v) is 42.9. The van der Waals surface area contributed by atoms with E-state index in [0.717, 1.165) is 165 Å². The van der Waals surface area contributed by atoms with Crippen LogP contribution < -0.4 is 0 Å². The van der Waals surface area contributed by atoms with Crippen molar-refractivity contribution >= 4 is 77.4 Å². The number of aliphatic carboxylic acids is 1. The highest BCUT2D eigenvalue weighted by Crippen LogP contribution is 2.40. The highest BCUT2D eigenvalue weighted by Gasteiger charge is 2.60. The lowest BCUT2D eigenvalue weighted by molar-refractivity contribution is -0.402. The smallest absolute Gasteiger partial charge is 0.326 e. The van der Waals surface area contributed by atoms with E-state index in [4.69, 9.17) is 99.8 Å². The summed E-state index contributed by atoms with van der Waals surface area (Å²) in [5.41, 5.74) is 0. The van der Waals surface area contributed by atoms with Crippen LogP contribution in [-0.4, -0.2) is 324 Å². The van der Waals surface area contributed by atoms with E-state index >= 15 is 0 Å². The Morgan fingerprint density at radius 2 is 0.734 bits per heavy atom. The van der Waals surface area contributed by atoms with Gasteiger partial charge in [-0.15, -0.1) is 0 Å². The third-order valence-corrected chi connectivity index (χ3v) is 21.4.